The first-order valence-corrected chi connectivity index (χ1v) is 9.09. The molecule has 2 aromatic carbocycles. The van der Waals surface area contributed by atoms with E-state index in [9.17, 15) is 9.90 Å². The van der Waals surface area contributed by atoms with Gasteiger partial charge in [0.15, 0.2) is 0 Å². The number of hydrogen-bond donors (Lipinski definition) is 1. The highest BCUT2D eigenvalue weighted by Crippen LogP contribution is 2.38. The first-order chi connectivity index (χ1) is 12.0. The zero-order valence-electron chi connectivity index (χ0n) is 15.4. The van der Waals surface area contributed by atoms with Crippen LogP contribution in [0.5, 0.6) is 11.5 Å². The van der Waals surface area contributed by atoms with E-state index in [4.69, 9.17) is 4.74 Å². The molecule has 2 aromatic rings. The van der Waals surface area contributed by atoms with Gasteiger partial charge in [0.1, 0.15) is 11.5 Å². The topological polar surface area (TPSA) is 46.5 Å². The maximum Gasteiger partial charge on any atom is 0.314 e. The number of rotatable bonds is 8. The van der Waals surface area contributed by atoms with Crippen molar-refractivity contribution >= 4 is 5.97 Å². The lowest BCUT2D eigenvalue weighted by atomic mass is 9.80. The van der Waals surface area contributed by atoms with Crippen molar-refractivity contribution in [2.75, 3.05) is 0 Å². The first-order valence-electron chi connectivity index (χ1n) is 9.09. The summed E-state index contributed by atoms with van der Waals surface area (Å²) in [6.45, 7) is 6.04. The third kappa shape index (κ3) is 5.09. The fourth-order valence-corrected chi connectivity index (χ4v) is 3.27. The van der Waals surface area contributed by atoms with Gasteiger partial charge in [0.2, 0.25) is 0 Å². The van der Waals surface area contributed by atoms with Crippen molar-refractivity contribution in [3.8, 4) is 11.5 Å². The van der Waals surface area contributed by atoms with Gasteiger partial charge in [-0.15, -0.1) is 0 Å². The lowest BCUT2D eigenvalue weighted by molar-refractivity contribution is -0.139. The molecule has 0 amide bonds. The molecule has 0 unspecified atom stereocenters. The molecule has 0 aromatic heterocycles. The van der Waals surface area contributed by atoms with Crippen LogP contribution in [0.4, 0.5) is 0 Å². The molecule has 134 valence electrons. The zero-order valence-corrected chi connectivity index (χ0v) is 15.4. The van der Waals surface area contributed by atoms with Gasteiger partial charge in [-0.1, -0.05) is 63.4 Å². The normalized spacial score (nSPS) is 13.2. The van der Waals surface area contributed by atoms with Crippen LogP contribution >= 0.6 is 0 Å². The Balaban J connectivity index is 2.23. The van der Waals surface area contributed by atoms with Crippen molar-refractivity contribution in [3.05, 3.63) is 59.7 Å². The number of esters is 1. The Morgan fingerprint density at radius 2 is 1.80 bits per heavy atom. The molecule has 0 aliphatic rings. The minimum atomic E-state index is -0.330. The molecular formula is C22H28O3. The maximum atomic E-state index is 12.7. The summed E-state index contributed by atoms with van der Waals surface area (Å²) in [5.74, 6) is 0.185. The second-order valence-electron chi connectivity index (χ2n) is 6.63. The predicted molar refractivity (Wildman–Crippen MR) is 101 cm³/mol. The molecule has 0 aliphatic heterocycles. The van der Waals surface area contributed by atoms with Gasteiger partial charge < -0.3 is 9.84 Å². The molecule has 0 spiro atoms. The summed E-state index contributed by atoms with van der Waals surface area (Å²) in [7, 11) is 0. The van der Waals surface area contributed by atoms with Crippen molar-refractivity contribution in [2.24, 2.45) is 5.92 Å². The van der Waals surface area contributed by atoms with Crippen LogP contribution in [0.25, 0.3) is 0 Å². The Morgan fingerprint density at radius 3 is 2.44 bits per heavy atom. The molecule has 1 N–H and O–H groups in total. The van der Waals surface area contributed by atoms with Crippen LogP contribution in [0, 0.1) is 12.8 Å². The van der Waals surface area contributed by atoms with E-state index in [1.165, 1.54) is 0 Å². The van der Waals surface area contributed by atoms with Crippen LogP contribution in [-0.4, -0.2) is 11.1 Å². The summed E-state index contributed by atoms with van der Waals surface area (Å²) in [6, 6.07) is 14.7. The van der Waals surface area contributed by atoms with Crippen LogP contribution < -0.4 is 4.74 Å². The lowest BCUT2D eigenvalue weighted by Gasteiger charge is -2.25. The quantitative estimate of drug-likeness (QED) is 0.386. The summed E-state index contributed by atoms with van der Waals surface area (Å²) in [6.07, 6.45) is 4.12. The molecular weight excluding hydrogens is 312 g/mol. The third-order valence-corrected chi connectivity index (χ3v) is 4.73. The van der Waals surface area contributed by atoms with Gasteiger partial charge in [0.05, 0.1) is 5.92 Å². The van der Waals surface area contributed by atoms with Crippen LogP contribution in [-0.2, 0) is 4.79 Å². The van der Waals surface area contributed by atoms with Crippen molar-refractivity contribution < 1.29 is 14.6 Å². The number of aromatic hydroxyl groups is 1. The van der Waals surface area contributed by atoms with Crippen LogP contribution in [0.3, 0.4) is 0 Å². The van der Waals surface area contributed by atoms with Crippen LogP contribution in [0.15, 0.2) is 48.5 Å². The number of phenolic OH excluding ortho intramolecular Hbond substituents is 1. The molecule has 0 radical (unpaired) electrons. The number of carbonyl (C=O) groups is 1. The van der Waals surface area contributed by atoms with Crippen molar-refractivity contribution in [1.29, 1.82) is 0 Å². The molecule has 2 atom stereocenters. The number of unbranched alkanes of at least 4 members (excludes halogenated alkanes) is 2. The Bertz CT molecular complexity index is 659. The van der Waals surface area contributed by atoms with E-state index in [1.807, 2.05) is 44.2 Å². The zero-order chi connectivity index (χ0) is 18.2. The summed E-state index contributed by atoms with van der Waals surface area (Å²) in [4.78, 5) is 12.7. The molecule has 0 bridgehead atoms. The second kappa shape index (κ2) is 9.26. The van der Waals surface area contributed by atoms with E-state index in [0.29, 0.717) is 5.75 Å². The maximum absolute atomic E-state index is 12.7. The molecule has 3 nitrogen and oxygen atoms in total. The van der Waals surface area contributed by atoms with Crippen LogP contribution in [0.1, 0.15) is 56.6 Å². The molecule has 0 saturated carbocycles. The summed E-state index contributed by atoms with van der Waals surface area (Å²) in [5, 5.41) is 10.4. The Hall–Kier alpha value is -2.29. The average Bonchev–Trinajstić information content (AvgIpc) is 2.60. The predicted octanol–water partition coefficient (Wildman–Crippen LogP) is 5.61. The van der Waals surface area contributed by atoms with E-state index in [-0.39, 0.29) is 23.6 Å². The highest BCUT2D eigenvalue weighted by molar-refractivity contribution is 5.76. The van der Waals surface area contributed by atoms with Gasteiger partial charge in [-0.05, 0) is 37.1 Å². The fourth-order valence-electron chi connectivity index (χ4n) is 3.27. The molecule has 0 saturated heterocycles. The summed E-state index contributed by atoms with van der Waals surface area (Å²) < 4.78 is 5.54. The average molecular weight is 340 g/mol. The van der Waals surface area contributed by atoms with Gasteiger partial charge in [-0.2, -0.15) is 0 Å². The Kier molecular flexibility index (Phi) is 7.05. The Labute approximate surface area is 150 Å². The van der Waals surface area contributed by atoms with E-state index >= 15 is 0 Å². The molecule has 0 aliphatic carbocycles. The second-order valence-corrected chi connectivity index (χ2v) is 6.63. The number of hydrogen-bond acceptors (Lipinski definition) is 3. The van der Waals surface area contributed by atoms with E-state index in [2.05, 4.69) is 6.92 Å². The molecule has 0 heterocycles. The number of carbonyl (C=O) groups excluding carboxylic acids is 1. The van der Waals surface area contributed by atoms with E-state index < -0.39 is 0 Å². The molecule has 25 heavy (non-hydrogen) atoms. The molecule has 3 heteroatoms. The molecule has 0 fully saturated rings. The van der Waals surface area contributed by atoms with E-state index in [0.717, 1.165) is 36.8 Å². The molecule has 2 rings (SSSR count). The van der Waals surface area contributed by atoms with Crippen molar-refractivity contribution in [1.82, 2.24) is 0 Å². The van der Waals surface area contributed by atoms with Gasteiger partial charge in [-0.3, -0.25) is 4.79 Å². The van der Waals surface area contributed by atoms with Gasteiger partial charge >= 0.3 is 5.97 Å². The number of para-hydroxylation sites is 1. The number of ether oxygens (including phenoxy) is 1. The van der Waals surface area contributed by atoms with Gasteiger partial charge in [-0.25, -0.2) is 0 Å². The first kappa shape index (κ1) is 19.0. The SMILES string of the molecule is CCCCC[C@@H](c1c(C)cccc1O)[C@@H](C)C(=O)Oc1ccccc1. The minimum absolute atomic E-state index is 0.0519. The van der Waals surface area contributed by atoms with Crippen molar-refractivity contribution in [3.63, 3.8) is 0 Å². The largest absolute Gasteiger partial charge is 0.508 e. The van der Waals surface area contributed by atoms with Crippen molar-refractivity contribution in [2.45, 2.75) is 52.4 Å². The standard InChI is InChI=1S/C22H28O3/c1-4-5-7-14-19(21-16(2)11-10-15-20(21)23)17(3)22(24)25-18-12-8-6-9-13-18/h6,8-13,15,17,19,23H,4-5,7,14H2,1-3H3/t17-,19-/m1/s1. The van der Waals surface area contributed by atoms with Crippen LogP contribution in [0.2, 0.25) is 0 Å². The summed E-state index contributed by atoms with van der Waals surface area (Å²) >= 11 is 0. The monoisotopic (exact) mass is 340 g/mol. The fraction of sp³-hybridized carbons (Fsp3) is 0.409. The number of benzene rings is 2. The lowest BCUT2D eigenvalue weighted by Crippen LogP contribution is -2.25. The van der Waals surface area contributed by atoms with Gasteiger partial charge in [0.25, 0.3) is 0 Å². The minimum Gasteiger partial charge on any atom is -0.508 e. The smallest absolute Gasteiger partial charge is 0.314 e. The van der Waals surface area contributed by atoms with E-state index in [1.54, 1.807) is 18.2 Å². The number of phenols is 1. The number of aryl methyl sites for hydroxylation is 1. The highest BCUT2D eigenvalue weighted by Gasteiger charge is 2.29. The summed E-state index contributed by atoms with van der Waals surface area (Å²) in [5.41, 5.74) is 1.89. The Morgan fingerprint density at radius 1 is 1.08 bits per heavy atom. The van der Waals surface area contributed by atoms with Gasteiger partial charge in [0, 0.05) is 11.5 Å². The third-order valence-electron chi connectivity index (χ3n) is 4.73. The highest BCUT2D eigenvalue weighted by atomic mass is 16.5.